The number of aromatic nitrogens is 2. The van der Waals surface area contributed by atoms with Crippen molar-refractivity contribution in [3.63, 3.8) is 0 Å². The van der Waals surface area contributed by atoms with Crippen molar-refractivity contribution in [2.24, 2.45) is 5.73 Å². The van der Waals surface area contributed by atoms with Gasteiger partial charge in [-0.1, -0.05) is 30.3 Å². The first-order valence-corrected chi connectivity index (χ1v) is 4.65. The molecule has 0 aliphatic heterocycles. The van der Waals surface area contributed by atoms with Gasteiger partial charge in [0.2, 0.25) is 0 Å². The number of nitrogens with two attached hydrogens (primary N) is 1. The van der Waals surface area contributed by atoms with E-state index in [1.54, 1.807) is 0 Å². The van der Waals surface area contributed by atoms with E-state index >= 15 is 0 Å². The van der Waals surface area contributed by atoms with Gasteiger partial charge in [-0.15, -0.1) is 0 Å². The molecule has 0 spiro atoms. The average Bonchev–Trinajstić information content (AvgIpc) is 2.67. The largest absolute Gasteiger partial charge is 0.325 e. The van der Waals surface area contributed by atoms with E-state index in [0.717, 1.165) is 12.2 Å². The van der Waals surface area contributed by atoms with Crippen molar-refractivity contribution in [1.29, 1.82) is 0 Å². The molecular weight excluding hydrogens is 174 g/mol. The molecule has 0 saturated heterocycles. The Labute approximate surface area is 83.2 Å². The van der Waals surface area contributed by atoms with Gasteiger partial charge in [0.1, 0.15) is 0 Å². The van der Waals surface area contributed by atoms with Crippen LogP contribution < -0.4 is 5.73 Å². The molecule has 2 N–H and O–H groups in total. The van der Waals surface area contributed by atoms with Gasteiger partial charge in [0.05, 0.1) is 12.2 Å². The van der Waals surface area contributed by atoms with Crippen molar-refractivity contribution in [1.82, 2.24) is 9.78 Å². The maximum absolute atomic E-state index is 5.48. The third kappa shape index (κ3) is 2.00. The van der Waals surface area contributed by atoms with Crippen LogP contribution in [0.2, 0.25) is 0 Å². The normalized spacial score (nSPS) is 10.4. The predicted octanol–water partition coefficient (Wildman–Crippen LogP) is 1.39. The Morgan fingerprint density at radius 1 is 1.14 bits per heavy atom. The van der Waals surface area contributed by atoms with Crippen molar-refractivity contribution in [2.45, 2.75) is 13.1 Å². The van der Waals surface area contributed by atoms with Crippen LogP contribution in [0.5, 0.6) is 0 Å². The lowest BCUT2D eigenvalue weighted by Gasteiger charge is -2.00. The molecule has 0 fully saturated rings. The Morgan fingerprint density at radius 2 is 1.93 bits per heavy atom. The van der Waals surface area contributed by atoms with Crippen LogP contribution in [0.4, 0.5) is 0 Å². The van der Waals surface area contributed by atoms with Gasteiger partial charge in [-0.3, -0.25) is 4.68 Å². The number of nitrogens with zero attached hydrogens (tertiary/aromatic N) is 2. The molecule has 0 aliphatic rings. The van der Waals surface area contributed by atoms with Gasteiger partial charge >= 0.3 is 0 Å². The molecule has 0 saturated carbocycles. The van der Waals surface area contributed by atoms with Gasteiger partial charge < -0.3 is 5.73 Å². The molecule has 0 aliphatic carbocycles. The van der Waals surface area contributed by atoms with Gasteiger partial charge in [0, 0.05) is 12.7 Å². The molecule has 0 atom stereocenters. The van der Waals surface area contributed by atoms with Crippen LogP contribution in [0.25, 0.3) is 0 Å². The van der Waals surface area contributed by atoms with E-state index in [2.05, 4.69) is 17.2 Å². The van der Waals surface area contributed by atoms with E-state index in [9.17, 15) is 0 Å². The summed E-state index contributed by atoms with van der Waals surface area (Å²) in [4.78, 5) is 0. The third-order valence-electron chi connectivity index (χ3n) is 2.09. The summed E-state index contributed by atoms with van der Waals surface area (Å²) in [5.74, 6) is 0. The van der Waals surface area contributed by atoms with Gasteiger partial charge in [0.15, 0.2) is 0 Å². The fraction of sp³-hybridized carbons (Fsp3) is 0.182. The van der Waals surface area contributed by atoms with Gasteiger partial charge in [-0.25, -0.2) is 0 Å². The van der Waals surface area contributed by atoms with E-state index in [-0.39, 0.29) is 0 Å². The summed E-state index contributed by atoms with van der Waals surface area (Å²) in [6.07, 6.45) is 1.95. The molecule has 1 heterocycles. The molecule has 0 amide bonds. The number of benzene rings is 1. The predicted molar refractivity (Wildman–Crippen MR) is 55.7 cm³/mol. The van der Waals surface area contributed by atoms with Crippen LogP contribution in [0.3, 0.4) is 0 Å². The van der Waals surface area contributed by atoms with Crippen LogP contribution in [0.1, 0.15) is 11.3 Å². The maximum Gasteiger partial charge on any atom is 0.0760 e. The highest BCUT2D eigenvalue weighted by Crippen LogP contribution is 2.02. The van der Waals surface area contributed by atoms with E-state index < -0.39 is 0 Å². The molecule has 0 unspecified atom stereocenters. The zero-order valence-electron chi connectivity index (χ0n) is 7.93. The molecule has 0 bridgehead atoms. The first kappa shape index (κ1) is 8.97. The molecule has 14 heavy (non-hydrogen) atoms. The highest BCUT2D eigenvalue weighted by Gasteiger charge is 1.97. The van der Waals surface area contributed by atoms with E-state index in [0.29, 0.717) is 6.54 Å². The Morgan fingerprint density at radius 3 is 2.57 bits per heavy atom. The summed E-state index contributed by atoms with van der Waals surface area (Å²) in [6.45, 7) is 1.31. The van der Waals surface area contributed by atoms with Crippen LogP contribution in [-0.4, -0.2) is 9.78 Å². The molecule has 2 aromatic rings. The van der Waals surface area contributed by atoms with Crippen LogP contribution in [0, 0.1) is 0 Å². The van der Waals surface area contributed by atoms with Gasteiger partial charge in [-0.05, 0) is 11.6 Å². The zero-order valence-corrected chi connectivity index (χ0v) is 7.93. The minimum Gasteiger partial charge on any atom is -0.325 e. The second-order valence-electron chi connectivity index (χ2n) is 3.19. The topological polar surface area (TPSA) is 43.8 Å². The molecule has 1 aromatic heterocycles. The second-order valence-corrected chi connectivity index (χ2v) is 3.19. The quantitative estimate of drug-likeness (QED) is 0.789. The summed E-state index contributed by atoms with van der Waals surface area (Å²) in [5.41, 5.74) is 7.66. The van der Waals surface area contributed by atoms with Crippen LogP contribution >= 0.6 is 0 Å². The Balaban J connectivity index is 2.11. The number of hydrogen-bond acceptors (Lipinski definition) is 2. The Hall–Kier alpha value is -1.61. The fourth-order valence-electron chi connectivity index (χ4n) is 1.37. The maximum atomic E-state index is 5.48. The van der Waals surface area contributed by atoms with Crippen molar-refractivity contribution in [2.75, 3.05) is 0 Å². The summed E-state index contributed by atoms with van der Waals surface area (Å²) in [5, 5.41) is 4.32. The van der Waals surface area contributed by atoms with Gasteiger partial charge in [-0.2, -0.15) is 5.10 Å². The van der Waals surface area contributed by atoms with Crippen LogP contribution in [-0.2, 0) is 13.1 Å². The first-order chi connectivity index (χ1) is 6.88. The van der Waals surface area contributed by atoms with Crippen molar-refractivity contribution in [3.8, 4) is 0 Å². The average molecular weight is 187 g/mol. The zero-order chi connectivity index (χ0) is 9.80. The lowest BCUT2D eigenvalue weighted by atomic mass is 10.2. The lowest BCUT2D eigenvalue weighted by Crippen LogP contribution is -2.03. The fourth-order valence-corrected chi connectivity index (χ4v) is 1.37. The molecule has 0 radical (unpaired) electrons. The summed E-state index contributed by atoms with van der Waals surface area (Å²) < 4.78 is 1.90. The SMILES string of the molecule is NCc1ccn(Cc2ccccc2)n1. The standard InChI is InChI=1S/C11H13N3/c12-8-11-6-7-14(13-11)9-10-4-2-1-3-5-10/h1-7H,8-9,12H2. The van der Waals surface area contributed by atoms with E-state index in [4.69, 9.17) is 5.73 Å². The van der Waals surface area contributed by atoms with Gasteiger partial charge in [0.25, 0.3) is 0 Å². The minimum atomic E-state index is 0.502. The molecule has 3 nitrogen and oxygen atoms in total. The van der Waals surface area contributed by atoms with Crippen molar-refractivity contribution < 1.29 is 0 Å². The smallest absolute Gasteiger partial charge is 0.0760 e. The molecular formula is C11H13N3. The Kier molecular flexibility index (Phi) is 2.60. The van der Waals surface area contributed by atoms with Crippen LogP contribution in [0.15, 0.2) is 42.6 Å². The second kappa shape index (κ2) is 4.07. The highest BCUT2D eigenvalue weighted by atomic mass is 15.3. The minimum absolute atomic E-state index is 0.502. The van der Waals surface area contributed by atoms with E-state index in [1.807, 2.05) is 35.1 Å². The molecule has 1 aromatic carbocycles. The summed E-state index contributed by atoms with van der Waals surface area (Å²) in [6, 6.07) is 12.2. The lowest BCUT2D eigenvalue weighted by molar-refractivity contribution is 0.672. The summed E-state index contributed by atoms with van der Waals surface area (Å²) >= 11 is 0. The highest BCUT2D eigenvalue weighted by molar-refractivity contribution is 5.15. The van der Waals surface area contributed by atoms with Crippen molar-refractivity contribution in [3.05, 3.63) is 53.9 Å². The number of rotatable bonds is 3. The third-order valence-corrected chi connectivity index (χ3v) is 2.09. The number of hydrogen-bond donors (Lipinski definition) is 1. The van der Waals surface area contributed by atoms with E-state index in [1.165, 1.54) is 5.56 Å². The monoisotopic (exact) mass is 187 g/mol. The molecule has 2 rings (SSSR count). The first-order valence-electron chi connectivity index (χ1n) is 4.65. The Bertz CT molecular complexity index is 392. The molecule has 72 valence electrons. The summed E-state index contributed by atoms with van der Waals surface area (Å²) in [7, 11) is 0. The van der Waals surface area contributed by atoms with Crippen molar-refractivity contribution >= 4 is 0 Å². The molecule has 3 heteroatoms.